The van der Waals surface area contributed by atoms with Crippen LogP contribution in [0.2, 0.25) is 0 Å². The first-order valence-electron chi connectivity index (χ1n) is 6.14. The Hall–Kier alpha value is -1.11. The third-order valence-corrected chi connectivity index (χ3v) is 4.80. The summed E-state index contributed by atoms with van der Waals surface area (Å²) in [7, 11) is -2.09. The van der Waals surface area contributed by atoms with Crippen molar-refractivity contribution in [3.63, 3.8) is 0 Å². The highest BCUT2D eigenvalue weighted by Gasteiger charge is 2.23. The van der Waals surface area contributed by atoms with E-state index < -0.39 is 16.1 Å². The summed E-state index contributed by atoms with van der Waals surface area (Å²) in [5, 5.41) is 9.11. The first kappa shape index (κ1) is 15.9. The maximum Gasteiger partial charge on any atom is 0.241 e. The molecule has 0 amide bonds. The highest BCUT2D eigenvalue weighted by Crippen LogP contribution is 2.25. The van der Waals surface area contributed by atoms with Crippen LogP contribution in [0.1, 0.15) is 24.5 Å². The molecule has 0 aliphatic carbocycles. The number of ether oxygens (including phenoxy) is 1. The summed E-state index contributed by atoms with van der Waals surface area (Å²) in [4.78, 5) is 0.250. The fraction of sp³-hybridized carbons (Fsp3) is 0.538. The summed E-state index contributed by atoms with van der Waals surface area (Å²) in [6.07, 6.45) is 0.532. The fourth-order valence-electron chi connectivity index (χ4n) is 1.98. The molecule has 1 aromatic carbocycles. The molecule has 1 atom stereocenters. The van der Waals surface area contributed by atoms with Crippen LogP contribution in [0.3, 0.4) is 0 Å². The number of methoxy groups -OCH3 is 1. The quantitative estimate of drug-likeness (QED) is 0.828. The molecule has 0 bridgehead atoms. The molecule has 0 saturated carbocycles. The Bertz CT molecular complexity index is 513. The molecule has 0 spiro atoms. The van der Waals surface area contributed by atoms with Gasteiger partial charge in [0.25, 0.3) is 0 Å². The molecule has 108 valence electrons. The number of hydrogen-bond acceptors (Lipinski definition) is 4. The lowest BCUT2D eigenvalue weighted by molar-refractivity contribution is 0.254. The van der Waals surface area contributed by atoms with Crippen molar-refractivity contribution in [1.29, 1.82) is 0 Å². The Morgan fingerprint density at radius 3 is 2.21 bits per heavy atom. The summed E-state index contributed by atoms with van der Waals surface area (Å²) >= 11 is 0. The zero-order chi connectivity index (χ0) is 14.6. The lowest BCUT2D eigenvalue weighted by atomic mass is 10.1. The molecule has 0 radical (unpaired) electrons. The molecule has 0 aliphatic rings. The number of rotatable bonds is 6. The standard InChI is InChI=1S/C13H21NO4S/c1-5-11(8-15)14-19(16,17)13-9(2)6-12(18-4)7-10(13)3/h6-7,11,14-15H,5,8H2,1-4H3/t11-/m1/s1. The zero-order valence-corrected chi connectivity index (χ0v) is 12.5. The molecule has 1 aromatic rings. The lowest BCUT2D eigenvalue weighted by Crippen LogP contribution is -2.37. The summed E-state index contributed by atoms with van der Waals surface area (Å²) in [5.41, 5.74) is 1.24. The van der Waals surface area contributed by atoms with Gasteiger partial charge < -0.3 is 9.84 Å². The second-order valence-corrected chi connectivity index (χ2v) is 6.15. The number of sulfonamides is 1. The van der Waals surface area contributed by atoms with E-state index in [1.807, 2.05) is 6.92 Å². The molecule has 19 heavy (non-hydrogen) atoms. The van der Waals surface area contributed by atoms with Gasteiger partial charge in [-0.25, -0.2) is 13.1 Å². The van der Waals surface area contributed by atoms with E-state index in [0.717, 1.165) is 0 Å². The largest absolute Gasteiger partial charge is 0.497 e. The van der Waals surface area contributed by atoms with E-state index in [9.17, 15) is 8.42 Å². The molecule has 0 heterocycles. The Labute approximate surface area is 114 Å². The molecule has 0 saturated heterocycles. The third-order valence-electron chi connectivity index (χ3n) is 2.97. The third kappa shape index (κ3) is 3.68. The van der Waals surface area contributed by atoms with Crippen LogP contribution in [-0.2, 0) is 10.0 Å². The Morgan fingerprint density at radius 2 is 1.84 bits per heavy atom. The minimum atomic E-state index is -3.64. The van der Waals surface area contributed by atoms with Crippen molar-refractivity contribution in [2.45, 2.75) is 38.1 Å². The molecule has 0 aliphatic heterocycles. The predicted molar refractivity (Wildman–Crippen MR) is 74.0 cm³/mol. The van der Waals surface area contributed by atoms with E-state index >= 15 is 0 Å². The van der Waals surface area contributed by atoms with Crippen LogP contribution in [0.15, 0.2) is 17.0 Å². The number of benzene rings is 1. The Morgan fingerprint density at radius 1 is 1.32 bits per heavy atom. The molecule has 1 rings (SSSR count). The average molecular weight is 287 g/mol. The van der Waals surface area contributed by atoms with Gasteiger partial charge in [0.15, 0.2) is 0 Å². The molecule has 0 unspecified atom stereocenters. The van der Waals surface area contributed by atoms with Gasteiger partial charge in [-0.3, -0.25) is 0 Å². The smallest absolute Gasteiger partial charge is 0.241 e. The second kappa shape index (κ2) is 6.36. The molecule has 5 nitrogen and oxygen atoms in total. The number of aryl methyl sites for hydroxylation is 2. The highest BCUT2D eigenvalue weighted by atomic mass is 32.2. The summed E-state index contributed by atoms with van der Waals surface area (Å²) in [6.45, 7) is 5.05. The van der Waals surface area contributed by atoms with E-state index in [-0.39, 0.29) is 11.5 Å². The second-order valence-electron chi connectivity index (χ2n) is 4.50. The van der Waals surface area contributed by atoms with Crippen LogP contribution < -0.4 is 9.46 Å². The van der Waals surface area contributed by atoms with Crippen molar-refractivity contribution >= 4 is 10.0 Å². The first-order valence-corrected chi connectivity index (χ1v) is 7.62. The fourth-order valence-corrected chi connectivity index (χ4v) is 3.74. The molecule has 2 N–H and O–H groups in total. The van der Waals surface area contributed by atoms with Gasteiger partial charge in [0.2, 0.25) is 10.0 Å². The zero-order valence-electron chi connectivity index (χ0n) is 11.7. The van der Waals surface area contributed by atoms with Gasteiger partial charge >= 0.3 is 0 Å². The molecule has 0 aromatic heterocycles. The Kier molecular flexibility index (Phi) is 5.34. The van der Waals surface area contributed by atoms with E-state index in [4.69, 9.17) is 9.84 Å². The minimum absolute atomic E-state index is 0.218. The van der Waals surface area contributed by atoms with Gasteiger partial charge in [0, 0.05) is 6.04 Å². The predicted octanol–water partition coefficient (Wildman–Crippen LogP) is 1.36. The molecular formula is C13H21NO4S. The van der Waals surface area contributed by atoms with Crippen molar-refractivity contribution in [2.24, 2.45) is 0 Å². The lowest BCUT2D eigenvalue weighted by Gasteiger charge is -2.17. The number of hydrogen-bond donors (Lipinski definition) is 2. The number of aliphatic hydroxyl groups excluding tert-OH is 1. The van der Waals surface area contributed by atoms with E-state index in [1.54, 1.807) is 33.1 Å². The summed E-state index contributed by atoms with van der Waals surface area (Å²) < 4.78 is 32.3. The maximum atomic E-state index is 12.3. The van der Waals surface area contributed by atoms with Crippen LogP contribution in [0.5, 0.6) is 5.75 Å². The van der Waals surface area contributed by atoms with Gasteiger partial charge in [-0.05, 0) is 43.5 Å². The van der Waals surface area contributed by atoms with Gasteiger partial charge in [0.1, 0.15) is 5.75 Å². The SMILES string of the molecule is CC[C@H](CO)NS(=O)(=O)c1c(C)cc(OC)cc1C. The van der Waals surface area contributed by atoms with Crippen LogP contribution >= 0.6 is 0 Å². The minimum Gasteiger partial charge on any atom is -0.497 e. The summed E-state index contributed by atoms with van der Waals surface area (Å²) in [5.74, 6) is 0.628. The molecule has 6 heteroatoms. The van der Waals surface area contributed by atoms with Crippen molar-refractivity contribution in [3.8, 4) is 5.75 Å². The van der Waals surface area contributed by atoms with E-state index in [2.05, 4.69) is 4.72 Å². The molecule has 0 fully saturated rings. The first-order chi connectivity index (χ1) is 8.85. The van der Waals surface area contributed by atoms with Crippen molar-refractivity contribution in [2.75, 3.05) is 13.7 Å². The van der Waals surface area contributed by atoms with Crippen LogP contribution in [0.4, 0.5) is 0 Å². The van der Waals surface area contributed by atoms with Crippen molar-refractivity contribution in [3.05, 3.63) is 23.3 Å². The van der Waals surface area contributed by atoms with Crippen LogP contribution in [0.25, 0.3) is 0 Å². The molecular weight excluding hydrogens is 266 g/mol. The number of nitrogens with one attached hydrogen (secondary N) is 1. The van der Waals surface area contributed by atoms with Gasteiger partial charge in [-0.15, -0.1) is 0 Å². The van der Waals surface area contributed by atoms with Crippen LogP contribution in [-0.4, -0.2) is 33.3 Å². The van der Waals surface area contributed by atoms with Gasteiger partial charge in [-0.1, -0.05) is 6.92 Å². The topological polar surface area (TPSA) is 75.6 Å². The van der Waals surface area contributed by atoms with E-state index in [1.165, 1.54) is 0 Å². The van der Waals surface area contributed by atoms with Gasteiger partial charge in [0.05, 0.1) is 18.6 Å². The Balaban J connectivity index is 3.22. The maximum absolute atomic E-state index is 12.3. The number of aliphatic hydroxyl groups is 1. The highest BCUT2D eigenvalue weighted by molar-refractivity contribution is 7.89. The average Bonchev–Trinajstić information content (AvgIpc) is 2.34. The van der Waals surface area contributed by atoms with Crippen molar-refractivity contribution in [1.82, 2.24) is 4.72 Å². The van der Waals surface area contributed by atoms with Crippen LogP contribution in [0, 0.1) is 13.8 Å². The van der Waals surface area contributed by atoms with E-state index in [0.29, 0.717) is 23.3 Å². The normalized spacial score (nSPS) is 13.3. The monoisotopic (exact) mass is 287 g/mol. The van der Waals surface area contributed by atoms with Crippen molar-refractivity contribution < 1.29 is 18.3 Å². The van der Waals surface area contributed by atoms with Gasteiger partial charge in [-0.2, -0.15) is 0 Å². The summed E-state index contributed by atoms with van der Waals surface area (Å²) in [6, 6.07) is 2.90.